The molecule has 0 saturated carbocycles. The fourth-order valence-electron chi connectivity index (χ4n) is 3.71. The number of aryl methyl sites for hydroxylation is 1. The number of aromatic nitrogens is 3. The Bertz CT molecular complexity index is 1390. The summed E-state index contributed by atoms with van der Waals surface area (Å²) in [4.78, 5) is 43.4. The highest BCUT2D eigenvalue weighted by Crippen LogP contribution is 2.30. The van der Waals surface area contributed by atoms with Crippen LogP contribution in [0.5, 0.6) is 5.75 Å². The maximum Gasteiger partial charge on any atom is 0.261 e. The van der Waals surface area contributed by atoms with Crippen molar-refractivity contribution in [2.24, 2.45) is 0 Å². The van der Waals surface area contributed by atoms with Crippen molar-refractivity contribution in [1.29, 1.82) is 0 Å². The van der Waals surface area contributed by atoms with Crippen LogP contribution in [0.25, 0.3) is 15.3 Å². The lowest BCUT2D eigenvalue weighted by Crippen LogP contribution is -2.33. The molecule has 4 aromatic rings. The van der Waals surface area contributed by atoms with Gasteiger partial charge < -0.3 is 10.1 Å². The van der Waals surface area contributed by atoms with E-state index in [1.165, 1.54) is 11.3 Å². The second-order valence-electron chi connectivity index (χ2n) is 7.52. The van der Waals surface area contributed by atoms with Crippen molar-refractivity contribution in [3.8, 4) is 10.9 Å². The van der Waals surface area contributed by atoms with Crippen LogP contribution in [0, 0.1) is 6.92 Å². The highest BCUT2D eigenvalue weighted by Gasteiger charge is 2.35. The minimum absolute atomic E-state index is 0.00771. The number of methoxy groups -OCH3 is 1. The molecule has 10 heteroatoms. The average Bonchev–Trinajstić information content (AvgIpc) is 3.46. The lowest BCUT2D eigenvalue weighted by molar-refractivity contribution is -0.116. The van der Waals surface area contributed by atoms with E-state index in [1.807, 2.05) is 25.1 Å². The zero-order chi connectivity index (χ0) is 23.1. The van der Waals surface area contributed by atoms with Gasteiger partial charge in [0.2, 0.25) is 11.0 Å². The first-order valence-electron chi connectivity index (χ1n) is 10.2. The van der Waals surface area contributed by atoms with Gasteiger partial charge in [0.1, 0.15) is 11.6 Å². The quantitative estimate of drug-likeness (QED) is 0.441. The third-order valence-electron chi connectivity index (χ3n) is 5.31. The van der Waals surface area contributed by atoms with Gasteiger partial charge in [-0.1, -0.05) is 23.5 Å². The van der Waals surface area contributed by atoms with Crippen molar-refractivity contribution in [2.75, 3.05) is 19.0 Å². The number of anilines is 1. The van der Waals surface area contributed by atoms with Crippen LogP contribution in [0.3, 0.4) is 0 Å². The standard InChI is InChI=1S/C23H19N5O4S/c1-13-11-19(28(26-13)23-24-17-8-7-14(32-2)12-18(17)33-23)25-20(29)9-10-27-21(30)15-5-3-4-6-16(15)22(27)31/h3-8,11-12H,9-10H2,1-2H3,(H,25,29). The first-order valence-corrected chi connectivity index (χ1v) is 11.0. The third kappa shape index (κ3) is 3.74. The third-order valence-corrected chi connectivity index (χ3v) is 6.30. The van der Waals surface area contributed by atoms with Crippen molar-refractivity contribution in [3.05, 3.63) is 65.4 Å². The summed E-state index contributed by atoms with van der Waals surface area (Å²) in [7, 11) is 1.61. The van der Waals surface area contributed by atoms with Gasteiger partial charge >= 0.3 is 0 Å². The molecule has 2 aromatic heterocycles. The highest BCUT2D eigenvalue weighted by molar-refractivity contribution is 7.20. The van der Waals surface area contributed by atoms with E-state index in [9.17, 15) is 14.4 Å². The molecule has 0 saturated heterocycles. The molecule has 0 bridgehead atoms. The average molecular weight is 462 g/mol. The molecule has 33 heavy (non-hydrogen) atoms. The highest BCUT2D eigenvalue weighted by atomic mass is 32.1. The fourth-order valence-corrected chi connectivity index (χ4v) is 4.67. The molecule has 0 spiro atoms. The summed E-state index contributed by atoms with van der Waals surface area (Å²) in [5.41, 5.74) is 2.24. The van der Waals surface area contributed by atoms with Gasteiger partial charge in [-0.15, -0.1) is 0 Å². The number of nitrogens with zero attached hydrogens (tertiary/aromatic N) is 4. The van der Waals surface area contributed by atoms with E-state index in [1.54, 1.807) is 42.1 Å². The smallest absolute Gasteiger partial charge is 0.261 e. The van der Waals surface area contributed by atoms with Crippen LogP contribution in [-0.2, 0) is 4.79 Å². The maximum absolute atomic E-state index is 12.7. The van der Waals surface area contributed by atoms with E-state index in [4.69, 9.17) is 4.74 Å². The summed E-state index contributed by atoms with van der Waals surface area (Å²) in [6.07, 6.45) is -0.0350. The Kier molecular flexibility index (Phi) is 5.14. The number of rotatable bonds is 6. The predicted octanol–water partition coefficient (Wildman–Crippen LogP) is 3.42. The van der Waals surface area contributed by atoms with Gasteiger partial charge in [0.25, 0.3) is 11.8 Å². The van der Waals surface area contributed by atoms with E-state index in [0.717, 1.165) is 20.9 Å². The van der Waals surface area contributed by atoms with E-state index in [0.29, 0.717) is 27.8 Å². The molecule has 5 rings (SSSR count). The number of nitrogens with one attached hydrogen (secondary N) is 1. The molecule has 9 nitrogen and oxygen atoms in total. The molecule has 0 atom stereocenters. The number of fused-ring (bicyclic) bond motifs is 2. The van der Waals surface area contributed by atoms with Crippen LogP contribution in [0.15, 0.2) is 48.5 Å². The molecule has 0 radical (unpaired) electrons. The second-order valence-corrected chi connectivity index (χ2v) is 8.53. The van der Waals surface area contributed by atoms with Crippen molar-refractivity contribution in [1.82, 2.24) is 19.7 Å². The van der Waals surface area contributed by atoms with Crippen molar-refractivity contribution in [2.45, 2.75) is 13.3 Å². The Hall–Kier alpha value is -4.05. The van der Waals surface area contributed by atoms with Gasteiger partial charge in [-0.2, -0.15) is 9.78 Å². The number of carbonyl (C=O) groups is 3. The zero-order valence-corrected chi connectivity index (χ0v) is 18.7. The van der Waals surface area contributed by atoms with Crippen LogP contribution >= 0.6 is 11.3 Å². The summed E-state index contributed by atoms with van der Waals surface area (Å²) >= 11 is 1.42. The molecule has 1 aliphatic heterocycles. The van der Waals surface area contributed by atoms with Crippen molar-refractivity contribution >= 4 is 45.1 Å². The van der Waals surface area contributed by atoms with E-state index >= 15 is 0 Å². The van der Waals surface area contributed by atoms with Gasteiger partial charge in [-0.3, -0.25) is 19.3 Å². The fraction of sp³-hybridized carbons (Fsp3) is 0.174. The normalized spacial score (nSPS) is 13.0. The molecule has 1 N–H and O–H groups in total. The number of hydrogen-bond acceptors (Lipinski definition) is 7. The van der Waals surface area contributed by atoms with Crippen LogP contribution in [0.2, 0.25) is 0 Å². The lowest BCUT2D eigenvalue weighted by Gasteiger charge is -2.13. The molecule has 3 amide bonds. The lowest BCUT2D eigenvalue weighted by atomic mass is 10.1. The number of benzene rings is 2. The summed E-state index contributed by atoms with van der Waals surface area (Å²) in [5.74, 6) is 0.0979. The predicted molar refractivity (Wildman–Crippen MR) is 123 cm³/mol. The Morgan fingerprint density at radius 3 is 2.52 bits per heavy atom. The monoisotopic (exact) mass is 461 g/mol. The van der Waals surface area contributed by atoms with Crippen LogP contribution in [-0.4, -0.2) is 51.0 Å². The summed E-state index contributed by atoms with van der Waals surface area (Å²) < 4.78 is 7.78. The van der Waals surface area contributed by atoms with Gasteiger partial charge in [0.05, 0.1) is 34.1 Å². The van der Waals surface area contributed by atoms with Gasteiger partial charge in [-0.05, 0) is 37.3 Å². The van der Waals surface area contributed by atoms with E-state index in [-0.39, 0.29) is 30.7 Å². The number of imide groups is 1. The molecule has 3 heterocycles. The van der Waals surface area contributed by atoms with Crippen molar-refractivity contribution < 1.29 is 19.1 Å². The number of thiazole rings is 1. The molecule has 2 aromatic carbocycles. The first-order chi connectivity index (χ1) is 15.9. The first kappa shape index (κ1) is 20.8. The minimum Gasteiger partial charge on any atom is -0.497 e. The summed E-state index contributed by atoms with van der Waals surface area (Å²) in [6, 6.07) is 14.0. The number of carbonyl (C=O) groups excluding carboxylic acids is 3. The van der Waals surface area contributed by atoms with Gasteiger partial charge in [0, 0.05) is 19.0 Å². The molecule has 1 aliphatic rings. The Balaban J connectivity index is 1.31. The SMILES string of the molecule is COc1ccc2nc(-n3nc(C)cc3NC(=O)CCN3C(=O)c4ccccc4C3=O)sc2c1. The van der Waals surface area contributed by atoms with Crippen LogP contribution in [0.4, 0.5) is 5.82 Å². The molecule has 0 unspecified atom stereocenters. The Morgan fingerprint density at radius 2 is 1.82 bits per heavy atom. The van der Waals surface area contributed by atoms with Crippen LogP contribution < -0.4 is 10.1 Å². The summed E-state index contributed by atoms with van der Waals surface area (Å²) in [5, 5.41) is 7.89. The number of hydrogen-bond donors (Lipinski definition) is 1. The van der Waals surface area contributed by atoms with Gasteiger partial charge in [-0.25, -0.2) is 4.98 Å². The molecule has 0 fully saturated rings. The topological polar surface area (TPSA) is 106 Å². The minimum atomic E-state index is -0.380. The molecular weight excluding hydrogens is 442 g/mol. The molecular formula is C23H19N5O4S. The second kappa shape index (κ2) is 8.14. The Labute approximate surface area is 192 Å². The maximum atomic E-state index is 12.7. The molecule has 166 valence electrons. The number of amides is 3. The van der Waals surface area contributed by atoms with E-state index < -0.39 is 0 Å². The largest absolute Gasteiger partial charge is 0.497 e. The zero-order valence-electron chi connectivity index (χ0n) is 17.9. The Morgan fingerprint density at radius 1 is 1.09 bits per heavy atom. The van der Waals surface area contributed by atoms with Gasteiger partial charge in [0.15, 0.2) is 0 Å². The van der Waals surface area contributed by atoms with Crippen LogP contribution in [0.1, 0.15) is 32.8 Å². The molecule has 0 aliphatic carbocycles. The van der Waals surface area contributed by atoms with E-state index in [2.05, 4.69) is 15.4 Å². The van der Waals surface area contributed by atoms with Crippen molar-refractivity contribution in [3.63, 3.8) is 0 Å². The number of ether oxygens (including phenoxy) is 1. The summed E-state index contributed by atoms with van der Waals surface area (Å²) in [6.45, 7) is 1.81.